The number of likely N-dealkylation sites (tertiary alicyclic amines) is 1. The highest BCUT2D eigenvalue weighted by molar-refractivity contribution is 5.84. The van der Waals surface area contributed by atoms with Crippen LogP contribution < -0.4 is 10.6 Å². The number of hydrogen-bond donors (Lipinski definition) is 2. The van der Waals surface area contributed by atoms with Crippen LogP contribution in [0.5, 0.6) is 0 Å². The zero-order chi connectivity index (χ0) is 17.9. The van der Waals surface area contributed by atoms with E-state index in [1.165, 1.54) is 38.8 Å². The number of likely N-dealkylation sites (N-methyl/N-ethyl adjacent to an activating group) is 1. The molecule has 1 aliphatic heterocycles. The minimum absolute atomic E-state index is 0.0140. The summed E-state index contributed by atoms with van der Waals surface area (Å²) in [5, 5.41) is 6.68. The van der Waals surface area contributed by atoms with Crippen molar-refractivity contribution in [3.05, 3.63) is 0 Å². The Hall–Kier alpha value is -1.30. The predicted octanol–water partition coefficient (Wildman–Crippen LogP) is 1.53. The summed E-state index contributed by atoms with van der Waals surface area (Å²) in [5.41, 5.74) is 0. The minimum atomic E-state index is 0.0140. The van der Waals surface area contributed by atoms with E-state index >= 15 is 0 Å². The molecule has 1 saturated heterocycles. The van der Waals surface area contributed by atoms with Gasteiger partial charge in [0.15, 0.2) is 5.96 Å². The highest BCUT2D eigenvalue weighted by Gasteiger charge is 2.22. The molecule has 1 fully saturated rings. The molecule has 0 bridgehead atoms. The number of nitrogens with one attached hydrogen (secondary N) is 2. The summed E-state index contributed by atoms with van der Waals surface area (Å²) in [4.78, 5) is 20.3. The fourth-order valence-corrected chi connectivity index (χ4v) is 3.04. The van der Waals surface area contributed by atoms with Gasteiger partial charge in [0.25, 0.3) is 0 Å². The van der Waals surface area contributed by atoms with Crippen molar-refractivity contribution >= 4 is 11.9 Å². The monoisotopic (exact) mass is 339 g/mol. The molecule has 1 amide bonds. The molecule has 140 valence electrons. The molecule has 0 radical (unpaired) electrons. The van der Waals surface area contributed by atoms with Crippen molar-refractivity contribution < 1.29 is 4.79 Å². The smallest absolute Gasteiger partial charge is 0.243 e. The van der Waals surface area contributed by atoms with Gasteiger partial charge in [0.05, 0.1) is 0 Å². The summed E-state index contributed by atoms with van der Waals surface area (Å²) >= 11 is 0. The molecule has 0 aromatic heterocycles. The molecule has 1 atom stereocenters. The number of rotatable bonds is 7. The van der Waals surface area contributed by atoms with E-state index in [9.17, 15) is 4.79 Å². The molecule has 1 rings (SSSR count). The molecule has 0 spiro atoms. The normalized spacial score (nSPS) is 18.2. The van der Waals surface area contributed by atoms with Crippen molar-refractivity contribution in [1.29, 1.82) is 0 Å². The maximum absolute atomic E-state index is 11.7. The zero-order valence-electron chi connectivity index (χ0n) is 16.3. The highest BCUT2D eigenvalue weighted by Crippen LogP contribution is 2.17. The second-order valence-electron chi connectivity index (χ2n) is 7.13. The van der Waals surface area contributed by atoms with Crippen molar-refractivity contribution in [1.82, 2.24) is 20.4 Å². The molecule has 0 aliphatic carbocycles. The Morgan fingerprint density at radius 3 is 2.25 bits per heavy atom. The first-order valence-electron chi connectivity index (χ1n) is 9.42. The molecule has 1 aliphatic rings. The molecule has 6 heteroatoms. The lowest BCUT2D eigenvalue weighted by molar-refractivity contribution is -0.127. The topological polar surface area (TPSA) is 60.0 Å². The Morgan fingerprint density at radius 2 is 1.75 bits per heavy atom. The maximum Gasteiger partial charge on any atom is 0.243 e. The molecule has 24 heavy (non-hydrogen) atoms. The van der Waals surface area contributed by atoms with Gasteiger partial charge in [-0.2, -0.15) is 0 Å². The first kappa shape index (κ1) is 20.7. The first-order chi connectivity index (χ1) is 11.5. The summed E-state index contributed by atoms with van der Waals surface area (Å²) in [5.74, 6) is 1.33. The maximum atomic E-state index is 11.7. The van der Waals surface area contributed by atoms with Crippen LogP contribution in [0.25, 0.3) is 0 Å². The zero-order valence-corrected chi connectivity index (χ0v) is 16.3. The van der Waals surface area contributed by atoms with Crippen molar-refractivity contribution in [3.63, 3.8) is 0 Å². The van der Waals surface area contributed by atoms with Crippen LogP contribution in [0, 0.1) is 5.92 Å². The van der Waals surface area contributed by atoms with Crippen molar-refractivity contribution in [2.45, 2.75) is 52.5 Å². The van der Waals surface area contributed by atoms with Gasteiger partial charge in [-0.05, 0) is 38.8 Å². The van der Waals surface area contributed by atoms with Crippen LogP contribution in [0.15, 0.2) is 4.99 Å². The molecular formula is C18H37N5O. The van der Waals surface area contributed by atoms with Gasteiger partial charge in [0.1, 0.15) is 6.54 Å². The molecule has 1 heterocycles. The van der Waals surface area contributed by atoms with Gasteiger partial charge in [-0.3, -0.25) is 9.69 Å². The number of aliphatic imine (C=N–C) groups is 1. The number of carbonyl (C=O) groups excluding carboxylic acids is 1. The van der Waals surface area contributed by atoms with Gasteiger partial charge >= 0.3 is 0 Å². The summed E-state index contributed by atoms with van der Waals surface area (Å²) in [6.07, 6.45) is 5.31. The molecule has 0 aromatic rings. The van der Waals surface area contributed by atoms with Crippen LogP contribution >= 0.6 is 0 Å². The summed E-state index contributed by atoms with van der Waals surface area (Å²) < 4.78 is 0. The third-order valence-electron chi connectivity index (χ3n) is 4.57. The third-order valence-corrected chi connectivity index (χ3v) is 4.57. The minimum Gasteiger partial charge on any atom is -0.357 e. The summed E-state index contributed by atoms with van der Waals surface area (Å²) in [7, 11) is 3.51. The summed E-state index contributed by atoms with van der Waals surface area (Å²) in [6.45, 7) is 10.8. The average Bonchev–Trinajstić information content (AvgIpc) is 2.81. The van der Waals surface area contributed by atoms with Crippen molar-refractivity contribution in [2.75, 3.05) is 46.8 Å². The lowest BCUT2D eigenvalue weighted by Gasteiger charge is -2.34. The second-order valence-corrected chi connectivity index (χ2v) is 7.13. The molecule has 2 N–H and O–H groups in total. The Morgan fingerprint density at radius 1 is 1.12 bits per heavy atom. The Balaban J connectivity index is 2.63. The number of guanidine groups is 1. The van der Waals surface area contributed by atoms with E-state index in [4.69, 9.17) is 0 Å². The molecular weight excluding hydrogens is 302 g/mol. The van der Waals surface area contributed by atoms with Crippen LogP contribution in [0.3, 0.4) is 0 Å². The molecule has 6 nitrogen and oxygen atoms in total. The van der Waals surface area contributed by atoms with Gasteiger partial charge in [0.2, 0.25) is 5.91 Å². The standard InChI is InChI=1S/C18H37N5O/c1-6-19-18(21-14-17(24)22(4)5)20-13-16(15(2)3)23-11-9-7-8-10-12-23/h15-16H,6-14H2,1-5H3,(H2,19,20,21). The van der Waals surface area contributed by atoms with E-state index < -0.39 is 0 Å². The third kappa shape index (κ3) is 7.51. The lowest BCUT2D eigenvalue weighted by atomic mass is 10.0. The van der Waals surface area contributed by atoms with E-state index in [0.717, 1.165) is 19.0 Å². The van der Waals surface area contributed by atoms with Gasteiger partial charge in [-0.25, -0.2) is 4.99 Å². The van der Waals surface area contributed by atoms with Crippen LogP contribution in [0.2, 0.25) is 0 Å². The largest absolute Gasteiger partial charge is 0.357 e. The SMILES string of the molecule is CCNC(=NCC(=O)N(C)C)NCC(C(C)C)N1CCCCCC1. The fraction of sp³-hybridized carbons (Fsp3) is 0.889. The molecule has 0 saturated carbocycles. The van der Waals surface area contributed by atoms with E-state index in [2.05, 4.69) is 34.4 Å². The Kier molecular flexibility index (Phi) is 9.76. The quantitative estimate of drug-likeness (QED) is 0.545. The fourth-order valence-electron chi connectivity index (χ4n) is 3.04. The van der Waals surface area contributed by atoms with Gasteiger partial charge in [0, 0.05) is 33.2 Å². The van der Waals surface area contributed by atoms with Crippen molar-refractivity contribution in [3.8, 4) is 0 Å². The van der Waals surface area contributed by atoms with E-state index in [0.29, 0.717) is 12.0 Å². The van der Waals surface area contributed by atoms with Crippen LogP contribution in [-0.2, 0) is 4.79 Å². The van der Waals surface area contributed by atoms with E-state index in [1.807, 2.05) is 6.92 Å². The second kappa shape index (κ2) is 11.3. The van der Waals surface area contributed by atoms with E-state index in [-0.39, 0.29) is 12.5 Å². The number of nitrogens with zero attached hydrogens (tertiary/aromatic N) is 3. The highest BCUT2D eigenvalue weighted by atomic mass is 16.2. The average molecular weight is 340 g/mol. The number of carbonyl (C=O) groups is 1. The van der Waals surface area contributed by atoms with Crippen LogP contribution in [0.4, 0.5) is 0 Å². The Labute approximate surface area is 148 Å². The lowest BCUT2D eigenvalue weighted by Crippen LogP contribution is -2.50. The Bertz CT molecular complexity index is 387. The van der Waals surface area contributed by atoms with Crippen LogP contribution in [0.1, 0.15) is 46.5 Å². The predicted molar refractivity (Wildman–Crippen MR) is 101 cm³/mol. The molecule has 0 aromatic carbocycles. The van der Waals surface area contributed by atoms with E-state index in [1.54, 1.807) is 19.0 Å². The van der Waals surface area contributed by atoms with Crippen molar-refractivity contribution in [2.24, 2.45) is 10.9 Å². The first-order valence-corrected chi connectivity index (χ1v) is 9.42. The van der Waals surface area contributed by atoms with Gasteiger partial charge in [-0.15, -0.1) is 0 Å². The summed E-state index contributed by atoms with van der Waals surface area (Å²) in [6, 6.07) is 0.497. The van der Waals surface area contributed by atoms with Gasteiger partial charge < -0.3 is 15.5 Å². The molecule has 1 unspecified atom stereocenters. The number of hydrogen-bond acceptors (Lipinski definition) is 3. The number of amides is 1. The van der Waals surface area contributed by atoms with Crippen LogP contribution in [-0.4, -0.2) is 74.5 Å². The van der Waals surface area contributed by atoms with Gasteiger partial charge in [-0.1, -0.05) is 26.7 Å².